The highest BCUT2D eigenvalue weighted by Crippen LogP contribution is 2.28. The van der Waals surface area contributed by atoms with Gasteiger partial charge in [0.2, 0.25) is 11.8 Å². The lowest BCUT2D eigenvalue weighted by atomic mass is 10.1. The maximum atomic E-state index is 12.5. The van der Waals surface area contributed by atoms with E-state index in [1.807, 2.05) is 24.3 Å². The Morgan fingerprint density at radius 2 is 1.57 bits per heavy atom. The Morgan fingerprint density at radius 1 is 0.929 bits per heavy atom. The lowest BCUT2D eigenvalue weighted by Crippen LogP contribution is -2.38. The Kier molecular flexibility index (Phi) is 7.68. The molecule has 2 amide bonds. The Bertz CT molecular complexity index is 805. The summed E-state index contributed by atoms with van der Waals surface area (Å²) in [5.74, 6) is 1.41. The van der Waals surface area contributed by atoms with Crippen LogP contribution < -0.4 is 19.5 Å². The number of anilines is 1. The lowest BCUT2D eigenvalue weighted by Gasteiger charge is -2.21. The average Bonchev–Trinajstić information content (AvgIpc) is 2.71. The zero-order valence-electron chi connectivity index (χ0n) is 16.7. The molecule has 0 bridgehead atoms. The number of nitrogens with one attached hydrogen (secondary N) is 1. The van der Waals surface area contributed by atoms with Gasteiger partial charge >= 0.3 is 0 Å². The van der Waals surface area contributed by atoms with Crippen molar-refractivity contribution in [3.05, 3.63) is 48.0 Å². The normalized spacial score (nSPS) is 10.1. The number of rotatable bonds is 9. The minimum atomic E-state index is -0.309. The summed E-state index contributed by atoms with van der Waals surface area (Å²) in [6.45, 7) is 1.84. The molecule has 0 aliphatic rings. The summed E-state index contributed by atoms with van der Waals surface area (Å²) in [7, 11) is 4.68. The van der Waals surface area contributed by atoms with Gasteiger partial charge in [-0.25, -0.2) is 0 Å². The van der Waals surface area contributed by atoms with E-state index in [-0.39, 0.29) is 18.4 Å². The third-order valence-electron chi connectivity index (χ3n) is 4.29. The fourth-order valence-corrected chi connectivity index (χ4v) is 2.68. The van der Waals surface area contributed by atoms with Crippen molar-refractivity contribution in [2.75, 3.05) is 39.7 Å². The van der Waals surface area contributed by atoms with Gasteiger partial charge in [0.15, 0.2) is 0 Å². The van der Waals surface area contributed by atoms with Gasteiger partial charge in [-0.3, -0.25) is 9.59 Å². The number of carbonyl (C=O) groups is 2. The topological polar surface area (TPSA) is 77.1 Å². The molecule has 2 aromatic carbocycles. The van der Waals surface area contributed by atoms with Crippen molar-refractivity contribution >= 4 is 17.5 Å². The van der Waals surface area contributed by atoms with Crippen LogP contribution in [0.1, 0.15) is 12.5 Å². The molecule has 0 saturated heterocycles. The minimum Gasteiger partial charge on any atom is -0.497 e. The first-order valence-corrected chi connectivity index (χ1v) is 8.87. The second-order valence-electron chi connectivity index (χ2n) is 6.15. The van der Waals surface area contributed by atoms with E-state index < -0.39 is 0 Å². The molecule has 150 valence electrons. The van der Waals surface area contributed by atoms with Crippen LogP contribution >= 0.6 is 0 Å². The van der Waals surface area contributed by atoms with Crippen LogP contribution in [-0.4, -0.2) is 51.1 Å². The van der Waals surface area contributed by atoms with Gasteiger partial charge in [-0.1, -0.05) is 12.1 Å². The SMILES string of the molecule is COc1ccc(CCN(CC(=O)Nc2cc(OC)ccc2OC)C(C)=O)cc1. The Balaban J connectivity index is 1.99. The molecule has 0 aromatic heterocycles. The highest BCUT2D eigenvalue weighted by atomic mass is 16.5. The van der Waals surface area contributed by atoms with E-state index in [0.717, 1.165) is 11.3 Å². The van der Waals surface area contributed by atoms with Crippen molar-refractivity contribution in [3.63, 3.8) is 0 Å². The second kappa shape index (κ2) is 10.2. The standard InChI is InChI=1S/C21H26N2O5/c1-15(24)23(12-11-16-5-7-17(26-2)8-6-16)14-21(25)22-19-13-18(27-3)9-10-20(19)28-4/h5-10,13H,11-12,14H2,1-4H3,(H,22,25). The zero-order valence-corrected chi connectivity index (χ0v) is 16.7. The van der Waals surface area contributed by atoms with E-state index in [1.54, 1.807) is 32.4 Å². The highest BCUT2D eigenvalue weighted by molar-refractivity contribution is 5.95. The second-order valence-corrected chi connectivity index (χ2v) is 6.15. The molecule has 0 saturated carbocycles. The van der Waals surface area contributed by atoms with Gasteiger partial charge < -0.3 is 24.4 Å². The number of methoxy groups -OCH3 is 3. The predicted octanol–water partition coefficient (Wildman–Crippen LogP) is 2.74. The Labute approximate surface area is 165 Å². The first-order chi connectivity index (χ1) is 13.5. The van der Waals surface area contributed by atoms with Crippen molar-refractivity contribution in [1.82, 2.24) is 4.90 Å². The van der Waals surface area contributed by atoms with E-state index in [4.69, 9.17) is 14.2 Å². The van der Waals surface area contributed by atoms with Crippen molar-refractivity contribution < 1.29 is 23.8 Å². The lowest BCUT2D eigenvalue weighted by molar-refractivity contribution is -0.132. The van der Waals surface area contributed by atoms with Gasteiger partial charge in [0.1, 0.15) is 17.2 Å². The molecule has 0 atom stereocenters. The van der Waals surface area contributed by atoms with E-state index in [1.165, 1.54) is 18.9 Å². The van der Waals surface area contributed by atoms with Crippen LogP contribution in [0.3, 0.4) is 0 Å². The predicted molar refractivity (Wildman–Crippen MR) is 107 cm³/mol. The van der Waals surface area contributed by atoms with Gasteiger partial charge in [0.05, 0.1) is 33.6 Å². The molecule has 0 aliphatic heterocycles. The van der Waals surface area contributed by atoms with Crippen LogP contribution in [0.25, 0.3) is 0 Å². The quantitative estimate of drug-likeness (QED) is 0.717. The zero-order chi connectivity index (χ0) is 20.5. The van der Waals surface area contributed by atoms with Gasteiger partial charge in [-0.15, -0.1) is 0 Å². The summed E-state index contributed by atoms with van der Waals surface area (Å²) >= 11 is 0. The van der Waals surface area contributed by atoms with Gasteiger partial charge in [0.25, 0.3) is 0 Å². The number of carbonyl (C=O) groups excluding carboxylic acids is 2. The van der Waals surface area contributed by atoms with E-state index >= 15 is 0 Å². The number of hydrogen-bond acceptors (Lipinski definition) is 5. The van der Waals surface area contributed by atoms with Crippen LogP contribution in [0.5, 0.6) is 17.2 Å². The number of ether oxygens (including phenoxy) is 3. The minimum absolute atomic E-state index is 0.0497. The number of benzene rings is 2. The average molecular weight is 386 g/mol. The Morgan fingerprint density at radius 3 is 2.14 bits per heavy atom. The molecular formula is C21H26N2O5. The van der Waals surface area contributed by atoms with Crippen molar-refractivity contribution in [2.24, 2.45) is 0 Å². The van der Waals surface area contributed by atoms with Crippen LogP contribution in [-0.2, 0) is 16.0 Å². The first-order valence-electron chi connectivity index (χ1n) is 8.87. The van der Waals surface area contributed by atoms with Crippen molar-refractivity contribution in [3.8, 4) is 17.2 Å². The van der Waals surface area contributed by atoms with E-state index in [2.05, 4.69) is 5.32 Å². The van der Waals surface area contributed by atoms with Crippen LogP contribution in [0.4, 0.5) is 5.69 Å². The molecule has 2 rings (SSSR count). The van der Waals surface area contributed by atoms with Gasteiger partial charge in [-0.05, 0) is 36.2 Å². The van der Waals surface area contributed by atoms with Gasteiger partial charge in [-0.2, -0.15) is 0 Å². The summed E-state index contributed by atoms with van der Waals surface area (Å²) in [6.07, 6.45) is 0.638. The fourth-order valence-electron chi connectivity index (χ4n) is 2.68. The molecular weight excluding hydrogens is 360 g/mol. The molecule has 0 aliphatic carbocycles. The largest absolute Gasteiger partial charge is 0.497 e. The molecule has 0 radical (unpaired) electrons. The fraction of sp³-hybridized carbons (Fsp3) is 0.333. The van der Waals surface area contributed by atoms with Crippen molar-refractivity contribution in [2.45, 2.75) is 13.3 Å². The van der Waals surface area contributed by atoms with Crippen LogP contribution in [0.15, 0.2) is 42.5 Å². The third-order valence-corrected chi connectivity index (χ3v) is 4.29. The number of amides is 2. The monoisotopic (exact) mass is 386 g/mol. The summed E-state index contributed by atoms with van der Waals surface area (Å²) in [6, 6.07) is 12.7. The summed E-state index contributed by atoms with van der Waals surface area (Å²) < 4.78 is 15.6. The molecule has 0 unspecified atom stereocenters. The van der Waals surface area contributed by atoms with E-state index in [0.29, 0.717) is 30.2 Å². The summed E-state index contributed by atoms with van der Waals surface area (Å²) in [4.78, 5) is 25.9. The third kappa shape index (κ3) is 5.90. The smallest absolute Gasteiger partial charge is 0.244 e. The van der Waals surface area contributed by atoms with Gasteiger partial charge in [0, 0.05) is 19.5 Å². The summed E-state index contributed by atoms with van der Waals surface area (Å²) in [5, 5.41) is 2.78. The molecule has 2 aromatic rings. The first kappa shape index (κ1) is 21.1. The highest BCUT2D eigenvalue weighted by Gasteiger charge is 2.16. The van der Waals surface area contributed by atoms with Crippen molar-refractivity contribution in [1.29, 1.82) is 0 Å². The molecule has 0 fully saturated rings. The molecule has 0 heterocycles. The van der Waals surface area contributed by atoms with Crippen LogP contribution in [0, 0.1) is 0 Å². The molecule has 7 heteroatoms. The summed E-state index contributed by atoms with van der Waals surface area (Å²) in [5.41, 5.74) is 1.55. The molecule has 28 heavy (non-hydrogen) atoms. The molecule has 7 nitrogen and oxygen atoms in total. The maximum absolute atomic E-state index is 12.5. The Hall–Kier alpha value is -3.22. The molecule has 1 N–H and O–H groups in total. The number of hydrogen-bond donors (Lipinski definition) is 1. The van der Waals surface area contributed by atoms with E-state index in [9.17, 15) is 9.59 Å². The number of nitrogens with zero attached hydrogens (tertiary/aromatic N) is 1. The maximum Gasteiger partial charge on any atom is 0.244 e. The van der Waals surface area contributed by atoms with Crippen LogP contribution in [0.2, 0.25) is 0 Å². The molecule has 0 spiro atoms.